The van der Waals surface area contributed by atoms with Crippen LogP contribution in [0.3, 0.4) is 0 Å². The van der Waals surface area contributed by atoms with E-state index in [1.807, 2.05) is 23.1 Å². The number of hydrogen-bond acceptors (Lipinski definition) is 2. The van der Waals surface area contributed by atoms with Gasteiger partial charge in [-0.25, -0.2) is 0 Å². The molecule has 0 spiro atoms. The summed E-state index contributed by atoms with van der Waals surface area (Å²) in [6, 6.07) is 14.3. The van der Waals surface area contributed by atoms with Crippen molar-refractivity contribution in [3.63, 3.8) is 0 Å². The fourth-order valence-corrected chi connectivity index (χ4v) is 3.78. The molecule has 1 aliphatic heterocycles. The standard InChI is InChI=1S/C21H22N2O2/c24-20-7-3-11-23(20)12-4-10-22-21(25)17-9-8-16-13-15-5-1-2-6-18(15)19(16)14-17/h1-2,5-6,8-9,14H,3-4,7,10-13H2,(H,22,25). The molecule has 0 unspecified atom stereocenters. The number of benzene rings is 2. The van der Waals surface area contributed by atoms with Crippen LogP contribution < -0.4 is 5.32 Å². The van der Waals surface area contributed by atoms with E-state index in [-0.39, 0.29) is 11.8 Å². The Bertz CT molecular complexity index is 828. The highest BCUT2D eigenvalue weighted by atomic mass is 16.2. The van der Waals surface area contributed by atoms with Crippen LogP contribution in [0, 0.1) is 0 Å². The Balaban J connectivity index is 1.36. The number of fused-ring (bicyclic) bond motifs is 3. The monoisotopic (exact) mass is 334 g/mol. The second kappa shape index (κ2) is 6.71. The zero-order valence-corrected chi connectivity index (χ0v) is 14.3. The number of amides is 2. The molecule has 1 N–H and O–H groups in total. The molecule has 4 heteroatoms. The van der Waals surface area contributed by atoms with Gasteiger partial charge in [0.15, 0.2) is 0 Å². The molecule has 128 valence electrons. The van der Waals surface area contributed by atoms with E-state index < -0.39 is 0 Å². The third-order valence-corrected chi connectivity index (χ3v) is 5.12. The van der Waals surface area contributed by atoms with E-state index in [0.717, 1.165) is 32.4 Å². The Morgan fingerprint density at radius 2 is 1.92 bits per heavy atom. The van der Waals surface area contributed by atoms with Crippen molar-refractivity contribution in [2.45, 2.75) is 25.7 Å². The Morgan fingerprint density at radius 3 is 2.76 bits per heavy atom. The van der Waals surface area contributed by atoms with Crippen LogP contribution in [0.5, 0.6) is 0 Å². The lowest BCUT2D eigenvalue weighted by molar-refractivity contribution is -0.127. The number of hydrogen-bond donors (Lipinski definition) is 1. The number of carbonyl (C=O) groups excluding carboxylic acids is 2. The molecule has 1 aliphatic carbocycles. The van der Waals surface area contributed by atoms with Crippen molar-refractivity contribution in [1.29, 1.82) is 0 Å². The molecule has 2 amide bonds. The Kier molecular flexibility index (Phi) is 4.26. The van der Waals surface area contributed by atoms with E-state index in [9.17, 15) is 9.59 Å². The molecule has 2 aromatic rings. The van der Waals surface area contributed by atoms with E-state index in [0.29, 0.717) is 18.5 Å². The van der Waals surface area contributed by atoms with E-state index in [1.165, 1.54) is 22.3 Å². The Morgan fingerprint density at radius 1 is 1.08 bits per heavy atom. The summed E-state index contributed by atoms with van der Waals surface area (Å²) in [6.45, 7) is 2.18. The second-order valence-corrected chi connectivity index (χ2v) is 6.80. The zero-order valence-electron chi connectivity index (χ0n) is 14.3. The van der Waals surface area contributed by atoms with Gasteiger partial charge in [0, 0.05) is 31.6 Å². The first-order valence-electron chi connectivity index (χ1n) is 8.99. The van der Waals surface area contributed by atoms with Crippen LogP contribution >= 0.6 is 0 Å². The summed E-state index contributed by atoms with van der Waals surface area (Å²) in [5.74, 6) is 0.198. The van der Waals surface area contributed by atoms with Crippen molar-refractivity contribution in [3.8, 4) is 11.1 Å². The SMILES string of the molecule is O=C(NCCCN1CCCC1=O)c1ccc2c(c1)-c1ccccc1C2. The molecule has 2 aliphatic rings. The van der Waals surface area contributed by atoms with Gasteiger partial charge in [-0.3, -0.25) is 9.59 Å². The van der Waals surface area contributed by atoms with Crippen LogP contribution in [0.15, 0.2) is 42.5 Å². The van der Waals surface area contributed by atoms with Gasteiger partial charge in [-0.2, -0.15) is 0 Å². The first kappa shape index (κ1) is 15.9. The quantitative estimate of drug-likeness (QED) is 0.729. The van der Waals surface area contributed by atoms with Crippen molar-refractivity contribution in [3.05, 3.63) is 59.2 Å². The molecule has 0 aromatic heterocycles. The number of rotatable bonds is 5. The van der Waals surface area contributed by atoms with Gasteiger partial charge < -0.3 is 10.2 Å². The van der Waals surface area contributed by atoms with Crippen LogP contribution in [0.2, 0.25) is 0 Å². The second-order valence-electron chi connectivity index (χ2n) is 6.80. The normalized spacial score (nSPS) is 15.2. The predicted molar refractivity (Wildman–Crippen MR) is 97.4 cm³/mol. The minimum atomic E-state index is -0.0417. The highest BCUT2D eigenvalue weighted by molar-refractivity contribution is 5.96. The molecule has 25 heavy (non-hydrogen) atoms. The zero-order chi connectivity index (χ0) is 17.2. The van der Waals surface area contributed by atoms with Gasteiger partial charge in [-0.05, 0) is 53.6 Å². The van der Waals surface area contributed by atoms with Crippen LogP contribution in [0.1, 0.15) is 40.7 Å². The molecule has 4 rings (SSSR count). The van der Waals surface area contributed by atoms with E-state index in [1.54, 1.807) is 0 Å². The lowest BCUT2D eigenvalue weighted by Crippen LogP contribution is -2.30. The lowest BCUT2D eigenvalue weighted by atomic mass is 10.0. The third kappa shape index (κ3) is 3.16. The molecule has 0 radical (unpaired) electrons. The molecule has 1 saturated heterocycles. The van der Waals surface area contributed by atoms with Crippen molar-refractivity contribution >= 4 is 11.8 Å². The number of nitrogens with one attached hydrogen (secondary N) is 1. The maximum atomic E-state index is 12.4. The topological polar surface area (TPSA) is 49.4 Å². The molecule has 2 aromatic carbocycles. The van der Waals surface area contributed by atoms with Gasteiger partial charge in [0.25, 0.3) is 5.91 Å². The molecule has 0 bridgehead atoms. The summed E-state index contributed by atoms with van der Waals surface area (Å²) < 4.78 is 0. The number of nitrogens with zero attached hydrogens (tertiary/aromatic N) is 1. The highest BCUT2D eigenvalue weighted by Gasteiger charge is 2.20. The first-order valence-corrected chi connectivity index (χ1v) is 8.99. The van der Waals surface area contributed by atoms with Gasteiger partial charge >= 0.3 is 0 Å². The molecular formula is C21H22N2O2. The van der Waals surface area contributed by atoms with Gasteiger partial charge in [0.05, 0.1) is 0 Å². The summed E-state index contributed by atoms with van der Waals surface area (Å²) >= 11 is 0. The van der Waals surface area contributed by atoms with Gasteiger partial charge in [0.2, 0.25) is 5.91 Å². The van der Waals surface area contributed by atoms with E-state index in [2.05, 4.69) is 29.6 Å². The molecular weight excluding hydrogens is 312 g/mol. The highest BCUT2D eigenvalue weighted by Crippen LogP contribution is 2.36. The molecule has 0 atom stereocenters. The van der Waals surface area contributed by atoms with E-state index in [4.69, 9.17) is 0 Å². The summed E-state index contributed by atoms with van der Waals surface area (Å²) in [4.78, 5) is 25.9. The van der Waals surface area contributed by atoms with Gasteiger partial charge in [0.1, 0.15) is 0 Å². The van der Waals surface area contributed by atoms with Crippen molar-refractivity contribution in [2.24, 2.45) is 0 Å². The third-order valence-electron chi connectivity index (χ3n) is 5.12. The van der Waals surface area contributed by atoms with Crippen molar-refractivity contribution < 1.29 is 9.59 Å². The maximum Gasteiger partial charge on any atom is 0.251 e. The van der Waals surface area contributed by atoms with Crippen LogP contribution in [-0.4, -0.2) is 36.3 Å². The largest absolute Gasteiger partial charge is 0.352 e. The van der Waals surface area contributed by atoms with Crippen LogP contribution in [-0.2, 0) is 11.2 Å². The van der Waals surface area contributed by atoms with Crippen molar-refractivity contribution in [2.75, 3.05) is 19.6 Å². The minimum Gasteiger partial charge on any atom is -0.352 e. The van der Waals surface area contributed by atoms with Crippen LogP contribution in [0.25, 0.3) is 11.1 Å². The molecule has 4 nitrogen and oxygen atoms in total. The Labute approximate surface area is 147 Å². The molecule has 1 fully saturated rings. The summed E-state index contributed by atoms with van der Waals surface area (Å²) in [5.41, 5.74) is 5.72. The minimum absolute atomic E-state index is 0.0417. The number of carbonyl (C=O) groups is 2. The summed E-state index contributed by atoms with van der Waals surface area (Å²) in [5, 5.41) is 2.98. The fourth-order valence-electron chi connectivity index (χ4n) is 3.78. The maximum absolute atomic E-state index is 12.4. The average molecular weight is 334 g/mol. The lowest BCUT2D eigenvalue weighted by Gasteiger charge is -2.15. The summed E-state index contributed by atoms with van der Waals surface area (Å²) in [7, 11) is 0. The average Bonchev–Trinajstić information content (AvgIpc) is 3.21. The van der Waals surface area contributed by atoms with Crippen LogP contribution in [0.4, 0.5) is 0 Å². The molecule has 0 saturated carbocycles. The van der Waals surface area contributed by atoms with Gasteiger partial charge in [-0.15, -0.1) is 0 Å². The Hall–Kier alpha value is -2.62. The van der Waals surface area contributed by atoms with E-state index >= 15 is 0 Å². The first-order chi connectivity index (χ1) is 12.2. The van der Waals surface area contributed by atoms with Gasteiger partial charge in [-0.1, -0.05) is 30.3 Å². The smallest absolute Gasteiger partial charge is 0.251 e. The number of likely N-dealkylation sites (tertiary alicyclic amines) is 1. The van der Waals surface area contributed by atoms with Crippen molar-refractivity contribution in [1.82, 2.24) is 10.2 Å². The predicted octanol–water partition coefficient (Wildman–Crippen LogP) is 3.00. The fraction of sp³-hybridized carbons (Fsp3) is 0.333. The molecule has 1 heterocycles. The summed E-state index contributed by atoms with van der Waals surface area (Å²) in [6.07, 6.45) is 3.37.